The van der Waals surface area contributed by atoms with Crippen LogP contribution in [0.2, 0.25) is 10.0 Å². The molecule has 134 valence electrons. The zero-order valence-electron chi connectivity index (χ0n) is 14.3. The molecule has 0 spiro atoms. The van der Waals surface area contributed by atoms with Crippen molar-refractivity contribution < 1.29 is 4.74 Å². The lowest BCUT2D eigenvalue weighted by Crippen LogP contribution is -2.08. The van der Waals surface area contributed by atoms with Crippen molar-refractivity contribution in [1.82, 2.24) is 9.55 Å². The van der Waals surface area contributed by atoms with E-state index >= 15 is 0 Å². The second-order valence-electron chi connectivity index (χ2n) is 5.92. The van der Waals surface area contributed by atoms with Crippen molar-refractivity contribution in [2.75, 3.05) is 6.61 Å². The van der Waals surface area contributed by atoms with Crippen LogP contribution in [-0.4, -0.2) is 16.2 Å². The van der Waals surface area contributed by atoms with Crippen molar-refractivity contribution in [3.05, 3.63) is 94.5 Å². The Labute approximate surface area is 163 Å². The van der Waals surface area contributed by atoms with Gasteiger partial charge >= 0.3 is 0 Å². The molecular formula is C21H20Cl2N2O. The number of ether oxygens (including phenoxy) is 1. The maximum atomic E-state index is 6.12. The number of nitrogens with zero attached hydrogens (tertiary/aromatic N) is 2. The second-order valence-corrected chi connectivity index (χ2v) is 6.79. The van der Waals surface area contributed by atoms with Gasteiger partial charge in [-0.15, -0.1) is 0 Å². The topological polar surface area (TPSA) is 27.1 Å². The van der Waals surface area contributed by atoms with Crippen LogP contribution in [0.25, 0.3) is 6.08 Å². The molecule has 3 nitrogen and oxygen atoms in total. The molecular weight excluding hydrogens is 367 g/mol. The molecule has 0 fully saturated rings. The highest BCUT2D eigenvalue weighted by molar-refractivity contribution is 6.30. The van der Waals surface area contributed by atoms with Gasteiger partial charge in [-0.25, -0.2) is 4.98 Å². The molecule has 3 rings (SSSR count). The van der Waals surface area contributed by atoms with E-state index in [1.165, 1.54) is 0 Å². The van der Waals surface area contributed by atoms with Crippen molar-refractivity contribution in [1.29, 1.82) is 0 Å². The van der Waals surface area contributed by atoms with Crippen molar-refractivity contribution in [2.45, 2.75) is 19.1 Å². The molecule has 0 aliphatic carbocycles. The minimum atomic E-state index is -0.00969. The lowest BCUT2D eigenvalue weighted by Gasteiger charge is -2.18. The first kappa shape index (κ1) is 18.7. The molecule has 1 unspecified atom stereocenters. The van der Waals surface area contributed by atoms with Crippen LogP contribution in [0, 0.1) is 0 Å². The van der Waals surface area contributed by atoms with Gasteiger partial charge in [0.2, 0.25) is 0 Å². The average molecular weight is 387 g/mol. The summed E-state index contributed by atoms with van der Waals surface area (Å²) >= 11 is 11.9. The molecule has 0 aliphatic heterocycles. The van der Waals surface area contributed by atoms with Gasteiger partial charge in [0, 0.05) is 29.0 Å². The van der Waals surface area contributed by atoms with Gasteiger partial charge in [0.25, 0.3) is 0 Å². The van der Waals surface area contributed by atoms with E-state index < -0.39 is 0 Å². The maximum absolute atomic E-state index is 6.12. The maximum Gasteiger partial charge on any atom is 0.0945 e. The summed E-state index contributed by atoms with van der Waals surface area (Å²) in [7, 11) is 0. The van der Waals surface area contributed by atoms with Crippen LogP contribution in [0.15, 0.2) is 73.3 Å². The van der Waals surface area contributed by atoms with Crippen molar-refractivity contribution in [2.24, 2.45) is 0 Å². The first-order valence-corrected chi connectivity index (χ1v) is 9.21. The summed E-state index contributed by atoms with van der Waals surface area (Å²) in [6, 6.07) is 15.5. The summed E-state index contributed by atoms with van der Waals surface area (Å²) in [5.74, 6) is 0. The van der Waals surface area contributed by atoms with E-state index in [0.717, 1.165) is 34.1 Å². The molecule has 26 heavy (non-hydrogen) atoms. The molecule has 0 N–H and O–H groups in total. The lowest BCUT2D eigenvalue weighted by molar-refractivity contribution is 0.0643. The Kier molecular flexibility index (Phi) is 6.89. The fraction of sp³-hybridized carbons (Fsp3) is 0.190. The zero-order chi connectivity index (χ0) is 18.2. The van der Waals surface area contributed by atoms with E-state index in [2.05, 4.69) is 9.55 Å². The second kappa shape index (κ2) is 9.58. The molecule has 1 heterocycles. The van der Waals surface area contributed by atoms with Gasteiger partial charge in [-0.05, 0) is 41.8 Å². The number of hydrogen-bond acceptors (Lipinski definition) is 2. The Balaban J connectivity index is 1.60. The first-order chi connectivity index (χ1) is 12.7. The van der Waals surface area contributed by atoms with Crippen LogP contribution >= 0.6 is 23.2 Å². The van der Waals surface area contributed by atoms with Gasteiger partial charge in [0.05, 0.1) is 19.0 Å². The first-order valence-electron chi connectivity index (χ1n) is 8.45. The number of benzene rings is 2. The van der Waals surface area contributed by atoms with Gasteiger partial charge < -0.3 is 9.30 Å². The highest BCUT2D eigenvalue weighted by Crippen LogP contribution is 2.24. The highest BCUT2D eigenvalue weighted by Gasteiger charge is 2.12. The number of halogens is 2. The average Bonchev–Trinajstić information content (AvgIpc) is 3.17. The number of aryl methyl sites for hydroxylation is 1. The van der Waals surface area contributed by atoms with Crippen LogP contribution in [0.4, 0.5) is 0 Å². The molecule has 0 amide bonds. The van der Waals surface area contributed by atoms with E-state index in [1.807, 2.05) is 73.2 Å². The van der Waals surface area contributed by atoms with Crippen LogP contribution in [-0.2, 0) is 11.3 Å². The minimum absolute atomic E-state index is 0.00969. The van der Waals surface area contributed by atoms with E-state index in [1.54, 1.807) is 6.20 Å². The highest BCUT2D eigenvalue weighted by atomic mass is 35.5. The molecule has 0 bridgehead atoms. The van der Waals surface area contributed by atoms with Crippen LogP contribution in [0.5, 0.6) is 0 Å². The third-order valence-electron chi connectivity index (χ3n) is 4.02. The Morgan fingerprint density at radius 1 is 1.00 bits per heavy atom. The van der Waals surface area contributed by atoms with Crippen LogP contribution in [0.3, 0.4) is 0 Å². The van der Waals surface area contributed by atoms with Gasteiger partial charge in [-0.2, -0.15) is 0 Å². The molecule has 3 aromatic rings. The zero-order valence-corrected chi connectivity index (χ0v) is 15.8. The lowest BCUT2D eigenvalue weighted by atomic mass is 10.1. The minimum Gasteiger partial charge on any atom is -0.369 e. The van der Waals surface area contributed by atoms with Gasteiger partial charge in [0.1, 0.15) is 0 Å². The summed E-state index contributed by atoms with van der Waals surface area (Å²) in [5.41, 5.74) is 2.22. The Hall–Kier alpha value is -2.07. The summed E-state index contributed by atoms with van der Waals surface area (Å²) in [6.45, 7) is 1.37. The van der Waals surface area contributed by atoms with Crippen LogP contribution < -0.4 is 0 Å². The fourth-order valence-electron chi connectivity index (χ4n) is 2.64. The summed E-state index contributed by atoms with van der Waals surface area (Å²) in [5, 5.41) is 1.46. The smallest absolute Gasteiger partial charge is 0.0945 e. The quantitative estimate of drug-likeness (QED) is 0.470. The molecule has 0 saturated heterocycles. The predicted molar refractivity (Wildman–Crippen MR) is 107 cm³/mol. The van der Waals surface area contributed by atoms with E-state index in [4.69, 9.17) is 27.9 Å². The number of hydrogen-bond donors (Lipinski definition) is 0. The van der Waals surface area contributed by atoms with Crippen LogP contribution in [0.1, 0.15) is 23.7 Å². The normalized spacial score (nSPS) is 12.5. The molecule has 5 heteroatoms. The largest absolute Gasteiger partial charge is 0.369 e. The number of aromatic nitrogens is 2. The van der Waals surface area contributed by atoms with E-state index in [-0.39, 0.29) is 6.10 Å². The predicted octanol–water partition coefficient (Wildman–Crippen LogP) is 6.05. The molecule has 0 radical (unpaired) electrons. The standard InChI is InChI=1S/C21H20Cl2N2O/c22-19-7-3-17(4-8-19)2-1-15-26-21(11-13-25-14-12-24-16-25)18-5-9-20(23)10-6-18/h1-10,12,14,16,21H,11,13,15H2/b2-1+. The van der Waals surface area contributed by atoms with Gasteiger partial charge in [-0.1, -0.05) is 59.6 Å². The number of rotatable bonds is 8. The monoisotopic (exact) mass is 386 g/mol. The Bertz CT molecular complexity index is 812. The Morgan fingerprint density at radius 2 is 1.69 bits per heavy atom. The molecule has 0 aliphatic rings. The molecule has 0 saturated carbocycles. The molecule has 1 atom stereocenters. The summed E-state index contributed by atoms with van der Waals surface area (Å²) in [6.07, 6.45) is 10.5. The SMILES string of the molecule is Clc1ccc(/C=C/COC(CCn2ccnc2)c2ccc(Cl)cc2)cc1. The molecule has 2 aromatic carbocycles. The van der Waals surface area contributed by atoms with Gasteiger partial charge in [-0.3, -0.25) is 0 Å². The summed E-state index contributed by atoms with van der Waals surface area (Å²) in [4.78, 5) is 4.08. The summed E-state index contributed by atoms with van der Waals surface area (Å²) < 4.78 is 8.17. The molecule has 1 aromatic heterocycles. The number of imidazole rings is 1. The van der Waals surface area contributed by atoms with Gasteiger partial charge in [0.15, 0.2) is 0 Å². The fourth-order valence-corrected chi connectivity index (χ4v) is 2.89. The van der Waals surface area contributed by atoms with Crippen molar-refractivity contribution >= 4 is 29.3 Å². The van der Waals surface area contributed by atoms with Crippen molar-refractivity contribution in [3.63, 3.8) is 0 Å². The third-order valence-corrected chi connectivity index (χ3v) is 4.53. The van der Waals surface area contributed by atoms with E-state index in [9.17, 15) is 0 Å². The Morgan fingerprint density at radius 3 is 2.35 bits per heavy atom. The van der Waals surface area contributed by atoms with Crippen molar-refractivity contribution in [3.8, 4) is 0 Å². The third kappa shape index (κ3) is 5.73. The van der Waals surface area contributed by atoms with E-state index in [0.29, 0.717) is 6.61 Å².